The Balaban J connectivity index is 1.68. The molecule has 2 aromatic rings. The predicted molar refractivity (Wildman–Crippen MR) is 92.6 cm³/mol. The number of carbonyl (C=O) groups is 1. The van der Waals surface area contributed by atoms with E-state index in [1.54, 1.807) is 0 Å². The van der Waals surface area contributed by atoms with Crippen LogP contribution in [0.3, 0.4) is 0 Å². The van der Waals surface area contributed by atoms with Gasteiger partial charge in [-0.2, -0.15) is 0 Å². The van der Waals surface area contributed by atoms with Gasteiger partial charge in [0, 0.05) is 6.61 Å². The maximum Gasteiger partial charge on any atom is 0.306 e. The van der Waals surface area contributed by atoms with E-state index in [0.29, 0.717) is 12.4 Å². The summed E-state index contributed by atoms with van der Waals surface area (Å²) in [6.45, 7) is 0.661. The first kappa shape index (κ1) is 17.5. The molecule has 0 bridgehead atoms. The van der Waals surface area contributed by atoms with Crippen molar-refractivity contribution < 1.29 is 24.1 Å². The van der Waals surface area contributed by atoms with Crippen LogP contribution in [-0.2, 0) is 14.3 Å². The quantitative estimate of drug-likeness (QED) is 0.800. The van der Waals surface area contributed by atoms with Crippen molar-refractivity contribution in [3.63, 3.8) is 0 Å². The molecule has 5 nitrogen and oxygen atoms in total. The molecule has 1 heterocycles. The molecule has 2 aromatic carbocycles. The second kappa shape index (κ2) is 8.65. The molecule has 0 radical (unpaired) electrons. The van der Waals surface area contributed by atoms with E-state index >= 15 is 0 Å². The maximum atomic E-state index is 11.2. The van der Waals surface area contributed by atoms with E-state index in [1.165, 1.54) is 0 Å². The van der Waals surface area contributed by atoms with Gasteiger partial charge < -0.3 is 19.3 Å². The van der Waals surface area contributed by atoms with Gasteiger partial charge in [0.1, 0.15) is 11.5 Å². The van der Waals surface area contributed by atoms with E-state index in [-0.39, 0.29) is 12.7 Å². The van der Waals surface area contributed by atoms with Crippen LogP contribution in [0.1, 0.15) is 37.4 Å². The minimum atomic E-state index is -0.898. The van der Waals surface area contributed by atoms with Crippen molar-refractivity contribution in [2.45, 2.75) is 38.1 Å². The third-order valence-corrected chi connectivity index (χ3v) is 4.04. The number of para-hydroxylation sites is 1. The van der Waals surface area contributed by atoms with Gasteiger partial charge in [0.25, 0.3) is 0 Å². The normalized spacial score (nSPS) is 18.5. The minimum Gasteiger partial charge on any atom is -0.481 e. The Morgan fingerprint density at radius 1 is 1.08 bits per heavy atom. The highest BCUT2D eigenvalue weighted by Crippen LogP contribution is 2.29. The fourth-order valence-corrected chi connectivity index (χ4v) is 2.78. The van der Waals surface area contributed by atoms with E-state index in [9.17, 15) is 9.90 Å². The van der Waals surface area contributed by atoms with Gasteiger partial charge >= 0.3 is 5.97 Å². The third kappa shape index (κ3) is 5.31. The molecule has 132 valence electrons. The first-order chi connectivity index (χ1) is 12.2. The average molecular weight is 342 g/mol. The Labute approximate surface area is 147 Å². The van der Waals surface area contributed by atoms with Gasteiger partial charge in [-0.05, 0) is 49.1 Å². The molecule has 2 atom stereocenters. The lowest BCUT2D eigenvalue weighted by atomic mass is 10.1. The van der Waals surface area contributed by atoms with Crippen molar-refractivity contribution >= 4 is 5.97 Å². The number of carboxylic acids is 1. The number of hydrogen-bond donors (Lipinski definition) is 1. The van der Waals surface area contributed by atoms with Gasteiger partial charge in [-0.3, -0.25) is 4.79 Å². The number of hydrogen-bond acceptors (Lipinski definition) is 4. The molecular weight excluding hydrogens is 320 g/mol. The molecule has 1 unspecified atom stereocenters. The summed E-state index contributed by atoms with van der Waals surface area (Å²) in [5.74, 6) is 0.549. The van der Waals surface area contributed by atoms with Crippen molar-refractivity contribution in [1.82, 2.24) is 0 Å². The van der Waals surface area contributed by atoms with Crippen molar-refractivity contribution in [2.24, 2.45) is 0 Å². The van der Waals surface area contributed by atoms with Crippen molar-refractivity contribution in [3.05, 3.63) is 60.2 Å². The van der Waals surface area contributed by atoms with Gasteiger partial charge in [0.2, 0.25) is 0 Å². The van der Waals surface area contributed by atoms with Crippen LogP contribution >= 0.6 is 0 Å². The summed E-state index contributed by atoms with van der Waals surface area (Å²) in [6, 6.07) is 16.8. The number of aliphatic carboxylic acids is 1. The Hall–Kier alpha value is -2.37. The number of carboxylic acid groups (broad SMARTS) is 1. The molecule has 0 aliphatic carbocycles. The summed E-state index contributed by atoms with van der Waals surface area (Å²) in [5, 5.41) is 9.18. The summed E-state index contributed by atoms with van der Waals surface area (Å²) < 4.78 is 17.2. The Morgan fingerprint density at radius 2 is 1.80 bits per heavy atom. The Morgan fingerprint density at radius 3 is 2.44 bits per heavy atom. The van der Waals surface area contributed by atoms with E-state index in [4.69, 9.17) is 14.2 Å². The summed E-state index contributed by atoms with van der Waals surface area (Å²) >= 11 is 0. The summed E-state index contributed by atoms with van der Waals surface area (Å²) in [7, 11) is 0. The predicted octanol–water partition coefficient (Wildman–Crippen LogP) is 4.54. The number of benzene rings is 2. The van der Waals surface area contributed by atoms with Gasteiger partial charge in [-0.15, -0.1) is 0 Å². The highest BCUT2D eigenvalue weighted by Gasteiger charge is 2.23. The van der Waals surface area contributed by atoms with E-state index in [1.807, 2.05) is 54.6 Å². The zero-order valence-electron chi connectivity index (χ0n) is 14.0. The monoisotopic (exact) mass is 342 g/mol. The Kier molecular flexibility index (Phi) is 6.04. The van der Waals surface area contributed by atoms with Gasteiger partial charge in [-0.25, -0.2) is 0 Å². The van der Waals surface area contributed by atoms with E-state index in [0.717, 1.165) is 30.6 Å². The van der Waals surface area contributed by atoms with Crippen LogP contribution in [-0.4, -0.2) is 24.0 Å². The lowest BCUT2D eigenvalue weighted by molar-refractivity contribution is -0.193. The van der Waals surface area contributed by atoms with Gasteiger partial charge in [0.15, 0.2) is 6.29 Å². The minimum absolute atomic E-state index is 0.0985. The largest absolute Gasteiger partial charge is 0.481 e. The van der Waals surface area contributed by atoms with Crippen molar-refractivity contribution in [1.29, 1.82) is 0 Å². The zero-order chi connectivity index (χ0) is 17.5. The zero-order valence-corrected chi connectivity index (χ0v) is 14.0. The van der Waals surface area contributed by atoms with Gasteiger partial charge in [-0.1, -0.05) is 30.3 Å². The maximum absolute atomic E-state index is 11.2. The molecular formula is C20H22O5. The Bertz CT molecular complexity index is 662. The first-order valence-corrected chi connectivity index (χ1v) is 8.52. The van der Waals surface area contributed by atoms with Crippen molar-refractivity contribution in [3.8, 4) is 11.5 Å². The number of rotatable bonds is 7. The molecule has 1 N–H and O–H groups in total. The summed E-state index contributed by atoms with van der Waals surface area (Å²) in [4.78, 5) is 11.2. The molecule has 0 spiro atoms. The molecule has 0 saturated carbocycles. The molecule has 0 amide bonds. The van der Waals surface area contributed by atoms with Crippen LogP contribution in [0.25, 0.3) is 0 Å². The standard InChI is InChI=1S/C20H22O5/c21-19(22)14-18(25-20-8-4-5-13-23-20)15-9-11-17(12-10-15)24-16-6-2-1-3-7-16/h1-3,6-7,9-12,18,20H,4-5,8,13-14H2,(H,21,22)/t18-,20?/m0/s1. The van der Waals surface area contributed by atoms with Crippen LogP contribution in [0, 0.1) is 0 Å². The van der Waals surface area contributed by atoms with E-state index < -0.39 is 12.1 Å². The molecule has 1 saturated heterocycles. The lowest BCUT2D eigenvalue weighted by Crippen LogP contribution is -2.25. The van der Waals surface area contributed by atoms with Crippen molar-refractivity contribution in [2.75, 3.05) is 6.61 Å². The van der Waals surface area contributed by atoms with E-state index in [2.05, 4.69) is 0 Å². The fourth-order valence-electron chi connectivity index (χ4n) is 2.78. The lowest BCUT2D eigenvalue weighted by Gasteiger charge is -2.27. The highest BCUT2D eigenvalue weighted by molar-refractivity contribution is 5.67. The van der Waals surface area contributed by atoms with Crippen LogP contribution in [0.15, 0.2) is 54.6 Å². The summed E-state index contributed by atoms with van der Waals surface area (Å²) in [6.07, 6.45) is 1.89. The molecule has 3 rings (SSSR count). The number of ether oxygens (including phenoxy) is 3. The van der Waals surface area contributed by atoms with Crippen LogP contribution in [0.4, 0.5) is 0 Å². The molecule has 1 aliphatic heterocycles. The average Bonchev–Trinajstić information content (AvgIpc) is 2.63. The van der Waals surface area contributed by atoms with Crippen LogP contribution < -0.4 is 4.74 Å². The topological polar surface area (TPSA) is 65.0 Å². The summed E-state index contributed by atoms with van der Waals surface area (Å²) in [5.41, 5.74) is 0.803. The first-order valence-electron chi connectivity index (χ1n) is 8.52. The second-order valence-electron chi connectivity index (χ2n) is 6.00. The van der Waals surface area contributed by atoms with Crippen LogP contribution in [0.2, 0.25) is 0 Å². The molecule has 25 heavy (non-hydrogen) atoms. The molecule has 5 heteroatoms. The molecule has 1 aliphatic rings. The second-order valence-corrected chi connectivity index (χ2v) is 6.00. The smallest absolute Gasteiger partial charge is 0.306 e. The SMILES string of the molecule is O=C(O)C[C@H](OC1CCCCO1)c1ccc(Oc2ccccc2)cc1. The fraction of sp³-hybridized carbons (Fsp3) is 0.350. The van der Waals surface area contributed by atoms with Gasteiger partial charge in [0.05, 0.1) is 12.5 Å². The molecule has 1 fully saturated rings. The molecule has 0 aromatic heterocycles. The highest BCUT2D eigenvalue weighted by atomic mass is 16.7. The third-order valence-electron chi connectivity index (χ3n) is 4.04. The van der Waals surface area contributed by atoms with Crippen LogP contribution in [0.5, 0.6) is 11.5 Å².